The van der Waals surface area contributed by atoms with E-state index in [1.165, 1.54) is 109 Å². The maximum absolute atomic E-state index is 12.8. The number of esters is 3. The van der Waals surface area contributed by atoms with E-state index in [-0.39, 0.29) is 30.1 Å². The number of hydrogen-bond acceptors (Lipinski definition) is 8. The van der Waals surface area contributed by atoms with Crippen LogP contribution in [0.2, 0.25) is 0 Å². The molecule has 0 aliphatic carbocycles. The highest BCUT2D eigenvalue weighted by Crippen LogP contribution is 2.20. The first kappa shape index (κ1) is 60.1. The van der Waals surface area contributed by atoms with Crippen molar-refractivity contribution in [2.75, 3.05) is 40.5 Å². The third-order valence-corrected chi connectivity index (χ3v) is 12.0. The average Bonchev–Trinajstić information content (AvgIpc) is 3.25. The van der Waals surface area contributed by atoms with Crippen LogP contribution in [-0.2, 0) is 33.3 Å². The van der Waals surface area contributed by atoms with Gasteiger partial charge in [-0.2, -0.15) is 0 Å². The van der Waals surface area contributed by atoms with Gasteiger partial charge in [0.25, 0.3) is 0 Å². The average molecular weight is 878 g/mol. The van der Waals surface area contributed by atoms with E-state index in [0.717, 1.165) is 129 Å². The molecule has 0 heterocycles. The van der Waals surface area contributed by atoms with Gasteiger partial charge < -0.3 is 23.8 Å². The first-order valence-corrected chi connectivity index (χ1v) is 26.7. The van der Waals surface area contributed by atoms with Crippen LogP contribution in [0.15, 0.2) is 12.2 Å². The van der Waals surface area contributed by atoms with Crippen molar-refractivity contribution in [3.05, 3.63) is 12.2 Å². The number of rotatable bonds is 49. The van der Waals surface area contributed by atoms with Gasteiger partial charge in [-0.05, 0) is 104 Å². The summed E-state index contributed by atoms with van der Waals surface area (Å²) >= 11 is 0. The highest BCUT2D eigenvalue weighted by atomic mass is 16.5. The van der Waals surface area contributed by atoms with Gasteiger partial charge in [-0.1, -0.05) is 175 Å². The van der Waals surface area contributed by atoms with Crippen LogP contribution >= 0.6 is 0 Å². The van der Waals surface area contributed by atoms with E-state index >= 15 is 0 Å². The largest absolute Gasteiger partial charge is 0.462 e. The Kier molecular flexibility index (Phi) is 47.0. The molecule has 0 aliphatic rings. The fourth-order valence-electron chi connectivity index (χ4n) is 8.04. The monoisotopic (exact) mass is 878 g/mol. The number of nitrogens with zero attached hydrogens (tertiary/aromatic N) is 1. The lowest BCUT2D eigenvalue weighted by Gasteiger charge is -2.19. The Morgan fingerprint density at radius 1 is 0.403 bits per heavy atom. The minimum Gasteiger partial charge on any atom is -0.462 e. The van der Waals surface area contributed by atoms with E-state index in [4.69, 9.17) is 18.9 Å². The van der Waals surface area contributed by atoms with Gasteiger partial charge in [-0.3, -0.25) is 14.4 Å². The van der Waals surface area contributed by atoms with Crippen LogP contribution in [0.3, 0.4) is 0 Å². The molecule has 0 amide bonds. The molecule has 0 aromatic heterocycles. The summed E-state index contributed by atoms with van der Waals surface area (Å²) in [5.41, 5.74) is 0. The zero-order valence-electron chi connectivity index (χ0n) is 41.8. The number of unbranched alkanes of at least 4 members (excludes halogenated alkanes) is 25. The van der Waals surface area contributed by atoms with E-state index in [0.29, 0.717) is 32.5 Å². The maximum atomic E-state index is 12.8. The zero-order chi connectivity index (χ0) is 45.4. The quantitative estimate of drug-likeness (QED) is 0.0258. The molecule has 1 unspecified atom stereocenters. The van der Waals surface area contributed by atoms with Crippen molar-refractivity contribution in [1.29, 1.82) is 0 Å². The van der Waals surface area contributed by atoms with E-state index in [2.05, 4.69) is 25.7 Å². The molecule has 0 bridgehead atoms. The molecule has 0 saturated carbocycles. The van der Waals surface area contributed by atoms with Crippen molar-refractivity contribution in [2.45, 2.75) is 277 Å². The SMILES string of the molecule is CCCCCCCCOC/C=C\COC(=O)CCCCCCCCC(CCCCCCCCC(=O)OC(CCCCCCCC)CCCCCCCC)OC(=O)CCCN(C)C. The lowest BCUT2D eigenvalue weighted by atomic mass is 10.0. The van der Waals surface area contributed by atoms with Crippen LogP contribution in [0.5, 0.6) is 0 Å². The molecule has 0 aromatic carbocycles. The summed E-state index contributed by atoms with van der Waals surface area (Å²) in [5.74, 6) is -0.190. The molecule has 8 nitrogen and oxygen atoms in total. The van der Waals surface area contributed by atoms with Gasteiger partial charge in [-0.25, -0.2) is 0 Å². The molecule has 0 spiro atoms. The summed E-state index contributed by atoms with van der Waals surface area (Å²) in [6, 6.07) is 0. The third-order valence-electron chi connectivity index (χ3n) is 12.0. The Bertz CT molecular complexity index is 985. The van der Waals surface area contributed by atoms with Crippen molar-refractivity contribution in [2.24, 2.45) is 0 Å². The van der Waals surface area contributed by atoms with Gasteiger partial charge in [0, 0.05) is 25.9 Å². The van der Waals surface area contributed by atoms with Crippen molar-refractivity contribution >= 4 is 17.9 Å². The van der Waals surface area contributed by atoms with Gasteiger partial charge in [0.1, 0.15) is 18.8 Å². The molecule has 0 aromatic rings. The molecule has 0 N–H and O–H groups in total. The van der Waals surface area contributed by atoms with Crippen molar-refractivity contribution < 1.29 is 33.3 Å². The molecule has 1 atom stereocenters. The van der Waals surface area contributed by atoms with E-state index in [1.54, 1.807) is 0 Å². The summed E-state index contributed by atoms with van der Waals surface area (Å²) in [7, 11) is 4.07. The van der Waals surface area contributed by atoms with Gasteiger partial charge in [0.05, 0.1) is 6.61 Å². The fourth-order valence-corrected chi connectivity index (χ4v) is 8.04. The molecule has 0 radical (unpaired) electrons. The van der Waals surface area contributed by atoms with Crippen LogP contribution in [-0.4, -0.2) is 75.5 Å². The molecule has 0 saturated heterocycles. The Morgan fingerprint density at radius 3 is 1.16 bits per heavy atom. The molecule has 8 heteroatoms. The number of hydrogen-bond donors (Lipinski definition) is 0. The van der Waals surface area contributed by atoms with Crippen LogP contribution in [0, 0.1) is 0 Å². The fraction of sp³-hybridized carbons (Fsp3) is 0.907. The topological polar surface area (TPSA) is 91.4 Å². The van der Waals surface area contributed by atoms with Crippen LogP contribution in [0.25, 0.3) is 0 Å². The first-order chi connectivity index (χ1) is 30.3. The Labute approximate surface area is 384 Å². The predicted molar refractivity (Wildman–Crippen MR) is 262 cm³/mol. The second kappa shape index (κ2) is 48.5. The van der Waals surface area contributed by atoms with Crippen LogP contribution in [0.1, 0.15) is 265 Å². The predicted octanol–water partition coefficient (Wildman–Crippen LogP) is 15.4. The standard InChI is InChI=1S/C54H103NO7/c1-6-9-12-15-22-29-39-50(40-30-23-16-13-10-7-2)61-53(57)44-34-27-21-19-25-32-42-51(62-54(58)45-38-46-55(4)5)41-31-24-18-20-26-33-43-52(56)60-49-37-36-48-59-47-35-28-17-14-11-8-3/h36-37,50-51H,6-35,38-49H2,1-5H3/b37-36-. The Hall–Kier alpha value is -1.93. The minimum atomic E-state index is -0.126. The van der Waals surface area contributed by atoms with Gasteiger partial charge >= 0.3 is 17.9 Å². The summed E-state index contributed by atoms with van der Waals surface area (Å²) in [6.07, 6.45) is 45.7. The molecular formula is C54H103NO7. The maximum Gasteiger partial charge on any atom is 0.306 e. The molecular weight excluding hydrogens is 775 g/mol. The normalized spacial score (nSPS) is 12.2. The van der Waals surface area contributed by atoms with Gasteiger partial charge in [-0.15, -0.1) is 0 Å². The van der Waals surface area contributed by atoms with E-state index < -0.39 is 0 Å². The Balaban J connectivity index is 4.29. The molecule has 62 heavy (non-hydrogen) atoms. The van der Waals surface area contributed by atoms with Gasteiger partial charge in [0.15, 0.2) is 0 Å². The Morgan fingerprint density at radius 2 is 0.742 bits per heavy atom. The lowest BCUT2D eigenvalue weighted by molar-refractivity contribution is -0.151. The number of carbonyl (C=O) groups is 3. The summed E-state index contributed by atoms with van der Waals surface area (Å²) in [6.45, 7) is 9.34. The third kappa shape index (κ3) is 46.1. The summed E-state index contributed by atoms with van der Waals surface area (Å²) in [5, 5.41) is 0. The minimum absolute atomic E-state index is 0.00142. The smallest absolute Gasteiger partial charge is 0.306 e. The second-order valence-electron chi connectivity index (χ2n) is 18.6. The van der Waals surface area contributed by atoms with Crippen LogP contribution < -0.4 is 0 Å². The first-order valence-electron chi connectivity index (χ1n) is 26.7. The van der Waals surface area contributed by atoms with Gasteiger partial charge in [0.2, 0.25) is 0 Å². The van der Waals surface area contributed by atoms with Crippen LogP contribution in [0.4, 0.5) is 0 Å². The van der Waals surface area contributed by atoms with E-state index in [9.17, 15) is 14.4 Å². The molecule has 0 rings (SSSR count). The zero-order valence-corrected chi connectivity index (χ0v) is 41.8. The molecule has 0 aliphatic heterocycles. The summed E-state index contributed by atoms with van der Waals surface area (Å²) in [4.78, 5) is 39.7. The second-order valence-corrected chi connectivity index (χ2v) is 18.6. The highest BCUT2D eigenvalue weighted by molar-refractivity contribution is 5.70. The number of ether oxygens (including phenoxy) is 4. The van der Waals surface area contributed by atoms with E-state index in [1.807, 2.05) is 26.2 Å². The number of carbonyl (C=O) groups excluding carboxylic acids is 3. The molecule has 366 valence electrons. The van der Waals surface area contributed by atoms with Crippen molar-refractivity contribution in [3.8, 4) is 0 Å². The molecule has 0 fully saturated rings. The summed E-state index contributed by atoms with van der Waals surface area (Å²) < 4.78 is 23.0. The lowest BCUT2D eigenvalue weighted by Crippen LogP contribution is -2.20. The van der Waals surface area contributed by atoms with Crippen molar-refractivity contribution in [1.82, 2.24) is 4.90 Å². The highest BCUT2D eigenvalue weighted by Gasteiger charge is 2.16. The van der Waals surface area contributed by atoms with Crippen molar-refractivity contribution in [3.63, 3.8) is 0 Å².